The van der Waals surface area contributed by atoms with Crippen LogP contribution >= 0.6 is 0 Å². The number of carbonyl (C=O) groups excluding carboxylic acids is 3. The van der Waals surface area contributed by atoms with Gasteiger partial charge in [-0.15, -0.1) is 0 Å². The van der Waals surface area contributed by atoms with E-state index in [1.807, 2.05) is 0 Å². The first kappa shape index (κ1) is 21.3. The van der Waals surface area contributed by atoms with E-state index in [1.54, 1.807) is 18.2 Å². The van der Waals surface area contributed by atoms with Gasteiger partial charge in [0.1, 0.15) is 5.82 Å². The average Bonchev–Trinajstić information content (AvgIpc) is 3.30. The van der Waals surface area contributed by atoms with Crippen molar-refractivity contribution in [3.63, 3.8) is 0 Å². The molecule has 11 nitrogen and oxygen atoms in total. The highest BCUT2D eigenvalue weighted by molar-refractivity contribution is 6.07. The number of carbonyl (C=O) groups is 3. The summed E-state index contributed by atoms with van der Waals surface area (Å²) in [4.78, 5) is 60.3. The van der Waals surface area contributed by atoms with Crippen molar-refractivity contribution < 1.29 is 23.5 Å². The third kappa shape index (κ3) is 4.78. The van der Waals surface area contributed by atoms with Crippen LogP contribution in [0.4, 0.5) is 11.5 Å². The molecule has 2 amide bonds. The number of nitrogens with one attached hydrogen (secondary N) is 2. The lowest BCUT2D eigenvalue weighted by Gasteiger charge is -2.12. The molecular weight excluding hydrogens is 408 g/mol. The van der Waals surface area contributed by atoms with Gasteiger partial charge < -0.3 is 19.8 Å². The van der Waals surface area contributed by atoms with Gasteiger partial charge >= 0.3 is 11.7 Å². The molecule has 0 bridgehead atoms. The van der Waals surface area contributed by atoms with E-state index < -0.39 is 35.6 Å². The zero-order valence-electron chi connectivity index (χ0n) is 16.6. The van der Waals surface area contributed by atoms with Gasteiger partial charge in [0.2, 0.25) is 0 Å². The van der Waals surface area contributed by atoms with E-state index in [0.29, 0.717) is 0 Å². The molecule has 0 atom stereocenters. The van der Waals surface area contributed by atoms with E-state index in [-0.39, 0.29) is 22.8 Å². The normalized spacial score (nSPS) is 10.4. The summed E-state index contributed by atoms with van der Waals surface area (Å²) in [5, 5.41) is 4.88. The summed E-state index contributed by atoms with van der Waals surface area (Å²) in [6.07, 6.45) is 1.34. The van der Waals surface area contributed by atoms with E-state index in [1.165, 1.54) is 38.6 Å². The molecule has 31 heavy (non-hydrogen) atoms. The zero-order valence-corrected chi connectivity index (χ0v) is 16.6. The number of anilines is 2. The van der Waals surface area contributed by atoms with Crippen LogP contribution in [-0.2, 0) is 23.6 Å². The minimum Gasteiger partial charge on any atom is -0.459 e. The van der Waals surface area contributed by atoms with Crippen LogP contribution in [0.1, 0.15) is 20.9 Å². The van der Waals surface area contributed by atoms with E-state index in [0.717, 1.165) is 15.2 Å². The third-order valence-corrected chi connectivity index (χ3v) is 4.27. The number of para-hydroxylation sites is 1. The fourth-order valence-electron chi connectivity index (χ4n) is 2.60. The lowest BCUT2D eigenvalue weighted by atomic mass is 10.1. The Morgan fingerprint density at radius 2 is 1.74 bits per heavy atom. The number of esters is 1. The molecule has 0 unspecified atom stereocenters. The van der Waals surface area contributed by atoms with Crippen molar-refractivity contribution in [2.24, 2.45) is 14.1 Å². The maximum absolute atomic E-state index is 12.4. The number of nitrogens with zero attached hydrogens (tertiary/aromatic N) is 2. The van der Waals surface area contributed by atoms with Crippen LogP contribution in [0.15, 0.2) is 62.7 Å². The number of aromatic nitrogens is 2. The average molecular weight is 426 g/mol. The number of rotatable bonds is 6. The Balaban J connectivity index is 1.66. The molecule has 2 heterocycles. The topological polar surface area (TPSA) is 142 Å². The molecule has 0 radical (unpaired) electrons. The van der Waals surface area contributed by atoms with Gasteiger partial charge in [-0.2, -0.15) is 0 Å². The summed E-state index contributed by atoms with van der Waals surface area (Å²) in [6, 6.07) is 10.2. The second kappa shape index (κ2) is 8.95. The van der Waals surface area contributed by atoms with Crippen molar-refractivity contribution in [2.75, 3.05) is 17.2 Å². The molecule has 0 saturated carbocycles. The standard InChI is InChI=1S/C20H18N4O7/c1-23-15(10-17(26)24(2)20(23)29)22-16(25)11-31-19(28)12-6-3-4-7-13(12)21-18(27)14-8-5-9-30-14/h3-10H,11H2,1-2H3,(H,21,27)(H,22,25). The number of furan rings is 1. The van der Waals surface area contributed by atoms with E-state index >= 15 is 0 Å². The maximum Gasteiger partial charge on any atom is 0.340 e. The number of ether oxygens (including phenoxy) is 1. The minimum atomic E-state index is -0.858. The lowest BCUT2D eigenvalue weighted by molar-refractivity contribution is -0.119. The van der Waals surface area contributed by atoms with Gasteiger partial charge in [0, 0.05) is 20.2 Å². The lowest BCUT2D eigenvalue weighted by Crippen LogP contribution is -2.38. The van der Waals surface area contributed by atoms with Crippen LogP contribution in [0, 0.1) is 0 Å². The molecular formula is C20H18N4O7. The van der Waals surface area contributed by atoms with Gasteiger partial charge in [-0.05, 0) is 24.3 Å². The number of benzene rings is 1. The first-order valence-electron chi connectivity index (χ1n) is 8.96. The van der Waals surface area contributed by atoms with Gasteiger partial charge in [0.05, 0.1) is 17.5 Å². The van der Waals surface area contributed by atoms with Crippen LogP contribution in [0.25, 0.3) is 0 Å². The Labute approximate surface area is 174 Å². The molecule has 0 spiro atoms. The van der Waals surface area contributed by atoms with Crippen LogP contribution in [0.2, 0.25) is 0 Å². The fraction of sp³-hybridized carbons (Fsp3) is 0.150. The molecule has 11 heteroatoms. The van der Waals surface area contributed by atoms with Crippen molar-refractivity contribution in [3.8, 4) is 0 Å². The highest BCUT2D eigenvalue weighted by atomic mass is 16.5. The number of hydrogen-bond acceptors (Lipinski definition) is 7. The van der Waals surface area contributed by atoms with Gasteiger partial charge in [0.25, 0.3) is 17.4 Å². The summed E-state index contributed by atoms with van der Waals surface area (Å²) in [5.74, 6) is -2.16. The SMILES string of the molecule is Cn1c(NC(=O)COC(=O)c2ccccc2NC(=O)c2ccco2)cc(=O)n(C)c1=O. The highest BCUT2D eigenvalue weighted by Crippen LogP contribution is 2.17. The van der Waals surface area contributed by atoms with Gasteiger partial charge in [-0.25, -0.2) is 9.59 Å². The van der Waals surface area contributed by atoms with Crippen molar-refractivity contribution >= 4 is 29.3 Å². The van der Waals surface area contributed by atoms with Gasteiger partial charge in [-0.1, -0.05) is 12.1 Å². The second-order valence-electron chi connectivity index (χ2n) is 6.37. The molecule has 0 fully saturated rings. The second-order valence-corrected chi connectivity index (χ2v) is 6.37. The van der Waals surface area contributed by atoms with Crippen molar-refractivity contribution in [2.45, 2.75) is 0 Å². The molecule has 0 aliphatic rings. The fourth-order valence-corrected chi connectivity index (χ4v) is 2.60. The minimum absolute atomic E-state index is 0.0242. The van der Waals surface area contributed by atoms with Crippen LogP contribution in [-0.4, -0.2) is 33.5 Å². The van der Waals surface area contributed by atoms with Crippen LogP contribution in [0.5, 0.6) is 0 Å². The number of hydrogen-bond donors (Lipinski definition) is 2. The van der Waals surface area contributed by atoms with E-state index in [9.17, 15) is 24.0 Å². The quantitative estimate of drug-likeness (QED) is 0.553. The smallest absolute Gasteiger partial charge is 0.340 e. The van der Waals surface area contributed by atoms with E-state index in [2.05, 4.69) is 10.6 Å². The summed E-state index contributed by atoms with van der Waals surface area (Å²) in [7, 11) is 2.68. The molecule has 0 aliphatic carbocycles. The summed E-state index contributed by atoms with van der Waals surface area (Å²) in [5.41, 5.74) is -1.03. The van der Waals surface area contributed by atoms with Crippen molar-refractivity contribution in [1.82, 2.24) is 9.13 Å². The molecule has 2 N–H and O–H groups in total. The Hall–Kier alpha value is -4.41. The Kier molecular flexibility index (Phi) is 6.15. The predicted octanol–water partition coefficient (Wildman–Crippen LogP) is 0.725. The first-order valence-corrected chi connectivity index (χ1v) is 8.96. The Morgan fingerprint density at radius 1 is 1.00 bits per heavy atom. The monoisotopic (exact) mass is 426 g/mol. The Bertz CT molecular complexity index is 1260. The van der Waals surface area contributed by atoms with Crippen LogP contribution < -0.4 is 21.9 Å². The van der Waals surface area contributed by atoms with Crippen LogP contribution in [0.3, 0.4) is 0 Å². The largest absolute Gasteiger partial charge is 0.459 e. The third-order valence-electron chi connectivity index (χ3n) is 4.27. The maximum atomic E-state index is 12.4. The first-order chi connectivity index (χ1) is 14.8. The predicted molar refractivity (Wildman–Crippen MR) is 109 cm³/mol. The zero-order chi connectivity index (χ0) is 22.5. The Morgan fingerprint density at radius 3 is 2.45 bits per heavy atom. The molecule has 0 saturated heterocycles. The molecule has 2 aromatic heterocycles. The summed E-state index contributed by atoms with van der Waals surface area (Å²) >= 11 is 0. The molecule has 3 rings (SSSR count). The van der Waals surface area contributed by atoms with Crippen molar-refractivity contribution in [3.05, 3.63) is 80.9 Å². The molecule has 3 aromatic rings. The van der Waals surface area contributed by atoms with Gasteiger partial charge in [0.15, 0.2) is 12.4 Å². The van der Waals surface area contributed by atoms with E-state index in [4.69, 9.17) is 9.15 Å². The molecule has 1 aromatic carbocycles. The summed E-state index contributed by atoms with van der Waals surface area (Å²) in [6.45, 7) is -0.678. The highest BCUT2D eigenvalue weighted by Gasteiger charge is 2.18. The summed E-state index contributed by atoms with van der Waals surface area (Å²) < 4.78 is 12.0. The van der Waals surface area contributed by atoms with Gasteiger partial charge in [-0.3, -0.25) is 23.5 Å². The van der Waals surface area contributed by atoms with Crippen molar-refractivity contribution in [1.29, 1.82) is 0 Å². The molecule has 160 valence electrons. The number of amides is 2. The molecule has 0 aliphatic heterocycles.